The summed E-state index contributed by atoms with van der Waals surface area (Å²) < 4.78 is 4.94. The molecule has 1 aliphatic rings. The Hall–Kier alpha value is -3.44. The lowest BCUT2D eigenvalue weighted by Crippen LogP contribution is -2.71. The zero-order valence-corrected chi connectivity index (χ0v) is 18.2. The van der Waals surface area contributed by atoms with Gasteiger partial charge in [0.2, 0.25) is 5.91 Å². The Morgan fingerprint density at radius 2 is 1.31 bits per heavy atom. The third-order valence-electron chi connectivity index (χ3n) is 6.33. The molecule has 0 spiro atoms. The van der Waals surface area contributed by atoms with E-state index < -0.39 is 29.6 Å². The zero-order valence-electron chi connectivity index (χ0n) is 18.2. The highest BCUT2D eigenvalue weighted by Gasteiger charge is 2.60. The molecule has 1 amide bonds. The molecule has 3 aromatic carbocycles. The summed E-state index contributed by atoms with van der Waals surface area (Å²) in [7, 11) is 1.34. The van der Waals surface area contributed by atoms with Crippen molar-refractivity contribution in [3.05, 3.63) is 108 Å². The number of β-lactam (4-membered cyclic amide) rings is 1. The number of esters is 1. The number of methoxy groups -OCH3 is 1. The van der Waals surface area contributed by atoms with Crippen molar-refractivity contribution in [3.63, 3.8) is 0 Å². The van der Waals surface area contributed by atoms with Gasteiger partial charge in [0.1, 0.15) is 5.54 Å². The smallest absolute Gasteiger partial charge is 0.307 e. The van der Waals surface area contributed by atoms with Gasteiger partial charge in [0.05, 0.1) is 31.6 Å². The van der Waals surface area contributed by atoms with Crippen LogP contribution in [0.15, 0.2) is 91.0 Å². The van der Waals surface area contributed by atoms with Crippen molar-refractivity contribution >= 4 is 11.9 Å². The van der Waals surface area contributed by atoms with Gasteiger partial charge in [-0.15, -0.1) is 0 Å². The Bertz CT molecular complexity index is 970. The van der Waals surface area contributed by atoms with Gasteiger partial charge in [0.15, 0.2) is 0 Å². The highest BCUT2D eigenvalue weighted by molar-refractivity contribution is 5.90. The monoisotopic (exact) mass is 429 g/mol. The summed E-state index contributed by atoms with van der Waals surface area (Å²) >= 11 is 0. The van der Waals surface area contributed by atoms with Crippen LogP contribution in [-0.4, -0.2) is 41.1 Å². The van der Waals surface area contributed by atoms with Gasteiger partial charge in [0.25, 0.3) is 0 Å². The van der Waals surface area contributed by atoms with Crippen molar-refractivity contribution in [1.29, 1.82) is 0 Å². The van der Waals surface area contributed by atoms with Crippen molar-refractivity contribution < 1.29 is 19.4 Å². The van der Waals surface area contributed by atoms with Gasteiger partial charge in [0, 0.05) is 0 Å². The van der Waals surface area contributed by atoms with Crippen LogP contribution in [0.3, 0.4) is 0 Å². The predicted octanol–water partition coefficient (Wildman–Crippen LogP) is 3.75. The Morgan fingerprint density at radius 3 is 1.66 bits per heavy atom. The summed E-state index contributed by atoms with van der Waals surface area (Å²) in [6, 6.07) is 29.0. The molecule has 5 heteroatoms. The summed E-state index contributed by atoms with van der Waals surface area (Å²) in [5.74, 6) is -1.28. The summed E-state index contributed by atoms with van der Waals surface area (Å²) in [5, 5.41) is 10.4. The minimum atomic E-state index is -0.967. The average Bonchev–Trinajstić information content (AvgIpc) is 2.83. The second-order valence-electron chi connectivity index (χ2n) is 8.13. The number of nitrogens with zero attached hydrogens (tertiary/aromatic N) is 1. The molecule has 1 aliphatic heterocycles. The summed E-state index contributed by atoms with van der Waals surface area (Å²) in [5.41, 5.74) is 1.75. The van der Waals surface area contributed by atoms with Gasteiger partial charge < -0.3 is 14.7 Å². The topological polar surface area (TPSA) is 66.8 Å². The molecule has 3 atom stereocenters. The van der Waals surface area contributed by atoms with Crippen LogP contribution in [0.25, 0.3) is 0 Å². The fourth-order valence-corrected chi connectivity index (χ4v) is 4.94. The van der Waals surface area contributed by atoms with E-state index in [0.717, 1.165) is 16.7 Å². The Labute approximate surface area is 188 Å². The number of carbonyl (C=O) groups is 2. The number of hydrogen-bond acceptors (Lipinski definition) is 4. The lowest BCUT2D eigenvalue weighted by molar-refractivity contribution is -0.176. The van der Waals surface area contributed by atoms with Crippen LogP contribution < -0.4 is 0 Å². The van der Waals surface area contributed by atoms with E-state index in [1.54, 1.807) is 11.8 Å². The molecular formula is C27H27NO4. The molecule has 1 N–H and O–H groups in total. The molecule has 32 heavy (non-hydrogen) atoms. The normalized spacial score (nSPS) is 19.2. The van der Waals surface area contributed by atoms with Crippen molar-refractivity contribution in [2.45, 2.75) is 31.0 Å². The molecule has 0 bridgehead atoms. The lowest BCUT2D eigenvalue weighted by Gasteiger charge is -2.58. The molecule has 164 valence electrons. The number of aliphatic hydroxyl groups excluding tert-OH is 1. The van der Waals surface area contributed by atoms with Crippen LogP contribution in [0.2, 0.25) is 0 Å². The molecular weight excluding hydrogens is 402 g/mol. The first-order valence-electron chi connectivity index (χ1n) is 10.8. The molecule has 1 fully saturated rings. The molecule has 5 nitrogen and oxygen atoms in total. The summed E-state index contributed by atoms with van der Waals surface area (Å²) in [4.78, 5) is 27.8. The number of aliphatic hydroxyl groups is 1. The van der Waals surface area contributed by atoms with Gasteiger partial charge in [-0.3, -0.25) is 9.59 Å². The van der Waals surface area contributed by atoms with Crippen LogP contribution in [0, 0.1) is 5.92 Å². The molecule has 0 radical (unpaired) electrons. The number of ether oxygens (including phenoxy) is 1. The Morgan fingerprint density at radius 1 is 0.906 bits per heavy atom. The van der Waals surface area contributed by atoms with Crippen LogP contribution in [0.5, 0.6) is 0 Å². The van der Waals surface area contributed by atoms with Crippen molar-refractivity contribution in [2.24, 2.45) is 5.92 Å². The number of amides is 1. The van der Waals surface area contributed by atoms with Crippen LogP contribution >= 0.6 is 0 Å². The first kappa shape index (κ1) is 21.8. The number of benzene rings is 3. The van der Waals surface area contributed by atoms with Crippen molar-refractivity contribution in [3.8, 4) is 0 Å². The van der Waals surface area contributed by atoms with E-state index in [-0.39, 0.29) is 12.3 Å². The van der Waals surface area contributed by atoms with E-state index in [1.165, 1.54) is 7.11 Å². The highest BCUT2D eigenvalue weighted by atomic mass is 16.5. The molecule has 0 aromatic heterocycles. The maximum Gasteiger partial charge on any atom is 0.307 e. The maximum atomic E-state index is 13.7. The van der Waals surface area contributed by atoms with E-state index in [4.69, 9.17) is 4.74 Å². The highest BCUT2D eigenvalue weighted by Crippen LogP contribution is 2.50. The minimum absolute atomic E-state index is 0.00601. The number of hydrogen-bond donors (Lipinski definition) is 1. The maximum absolute atomic E-state index is 13.7. The third kappa shape index (κ3) is 3.49. The molecule has 1 saturated heterocycles. The standard InChI is InChI=1S/C27H27NO4/c1-19(29)25-23(18-24(30)32-2)28(26(25)31)27(20-12-6-3-7-13-20,21-14-8-4-9-15-21)22-16-10-5-11-17-22/h3-17,19,23,25,29H,18H2,1-2H3/t19-,23-,25-/m0/s1. The number of rotatable bonds is 7. The zero-order chi connectivity index (χ0) is 22.7. The first-order valence-corrected chi connectivity index (χ1v) is 10.8. The molecule has 4 rings (SSSR count). The van der Waals surface area contributed by atoms with E-state index in [9.17, 15) is 14.7 Å². The van der Waals surface area contributed by atoms with Gasteiger partial charge in [-0.2, -0.15) is 0 Å². The number of likely N-dealkylation sites (tertiary alicyclic amines) is 1. The van der Waals surface area contributed by atoms with Crippen molar-refractivity contribution in [2.75, 3.05) is 7.11 Å². The van der Waals surface area contributed by atoms with E-state index in [2.05, 4.69) is 0 Å². The van der Waals surface area contributed by atoms with E-state index in [0.29, 0.717) is 0 Å². The van der Waals surface area contributed by atoms with Gasteiger partial charge >= 0.3 is 5.97 Å². The van der Waals surface area contributed by atoms with E-state index >= 15 is 0 Å². The van der Waals surface area contributed by atoms with Crippen LogP contribution in [-0.2, 0) is 19.9 Å². The summed E-state index contributed by atoms with van der Waals surface area (Å²) in [6.45, 7) is 1.60. The largest absolute Gasteiger partial charge is 0.469 e. The van der Waals surface area contributed by atoms with Gasteiger partial charge in [-0.1, -0.05) is 91.0 Å². The van der Waals surface area contributed by atoms with Crippen molar-refractivity contribution in [1.82, 2.24) is 4.90 Å². The SMILES string of the molecule is COC(=O)C[C@H]1[C@H]([C@H](C)O)C(=O)N1C(c1ccccc1)(c1ccccc1)c1ccccc1. The van der Waals surface area contributed by atoms with Gasteiger partial charge in [-0.05, 0) is 23.6 Å². The van der Waals surface area contributed by atoms with Crippen LogP contribution in [0.1, 0.15) is 30.0 Å². The minimum Gasteiger partial charge on any atom is -0.469 e. The molecule has 0 aliphatic carbocycles. The lowest BCUT2D eigenvalue weighted by atomic mass is 9.68. The second-order valence-corrected chi connectivity index (χ2v) is 8.13. The quantitative estimate of drug-likeness (QED) is 0.353. The fraction of sp³-hybridized carbons (Fsp3) is 0.259. The van der Waals surface area contributed by atoms with Crippen LogP contribution in [0.4, 0.5) is 0 Å². The first-order chi connectivity index (χ1) is 15.5. The summed E-state index contributed by atoms with van der Waals surface area (Å²) in [6.07, 6.45) is -0.875. The average molecular weight is 430 g/mol. The fourth-order valence-electron chi connectivity index (χ4n) is 4.94. The molecule has 3 aromatic rings. The van der Waals surface area contributed by atoms with Gasteiger partial charge in [-0.25, -0.2) is 0 Å². The molecule has 1 heterocycles. The predicted molar refractivity (Wildman–Crippen MR) is 122 cm³/mol. The number of carbonyl (C=O) groups excluding carboxylic acids is 2. The van der Waals surface area contributed by atoms with E-state index in [1.807, 2.05) is 91.0 Å². The Balaban J connectivity index is 2.01. The third-order valence-corrected chi connectivity index (χ3v) is 6.33. The molecule has 0 unspecified atom stereocenters. The Kier molecular flexibility index (Phi) is 6.10. The second kappa shape index (κ2) is 8.97. The molecule has 0 saturated carbocycles.